The van der Waals surface area contributed by atoms with E-state index in [1.807, 2.05) is 45.0 Å². The molecular formula is C26H44INO2Sn. The van der Waals surface area contributed by atoms with Crippen molar-refractivity contribution >= 4 is 52.7 Å². The zero-order chi connectivity index (χ0) is 23.3. The molecule has 0 heterocycles. The fraction of sp³-hybridized carbons (Fsp3) is 0.654. The number of carbonyl (C=O) groups is 1. The van der Waals surface area contributed by atoms with Crippen molar-refractivity contribution in [3.8, 4) is 0 Å². The van der Waals surface area contributed by atoms with Gasteiger partial charge in [-0.3, -0.25) is 0 Å². The number of hydrogen-bond acceptors (Lipinski definition) is 2. The van der Waals surface area contributed by atoms with E-state index in [4.69, 9.17) is 4.74 Å². The number of para-hydroxylation sites is 1. The second-order valence-electron chi connectivity index (χ2n) is 9.62. The molecule has 31 heavy (non-hydrogen) atoms. The Morgan fingerprint density at radius 3 is 1.97 bits per heavy atom. The number of hydrogen-bond donors (Lipinski definition) is 0. The molecule has 0 atom stereocenters. The molecule has 0 aromatic heterocycles. The van der Waals surface area contributed by atoms with E-state index >= 15 is 0 Å². The van der Waals surface area contributed by atoms with Gasteiger partial charge in [-0.1, -0.05) is 0 Å². The van der Waals surface area contributed by atoms with Gasteiger partial charge in [-0.15, -0.1) is 0 Å². The molecule has 5 heteroatoms. The maximum atomic E-state index is 13.1. The van der Waals surface area contributed by atoms with E-state index in [0.29, 0.717) is 6.54 Å². The van der Waals surface area contributed by atoms with Crippen molar-refractivity contribution in [2.24, 2.45) is 0 Å². The van der Waals surface area contributed by atoms with E-state index in [2.05, 4.69) is 53.5 Å². The first-order valence-corrected chi connectivity index (χ1v) is 20.9. The Morgan fingerprint density at radius 2 is 1.52 bits per heavy atom. The van der Waals surface area contributed by atoms with Gasteiger partial charge in [0.05, 0.1) is 0 Å². The molecule has 0 saturated heterocycles. The number of carbonyl (C=O) groups excluding carboxylic acids is 1. The summed E-state index contributed by atoms with van der Waals surface area (Å²) >= 11 is -0.0567. The molecule has 1 rings (SSSR count). The van der Waals surface area contributed by atoms with Gasteiger partial charge in [-0.25, -0.2) is 0 Å². The Balaban J connectivity index is 3.16. The van der Waals surface area contributed by atoms with Crippen molar-refractivity contribution in [2.45, 2.75) is 99.0 Å². The monoisotopic (exact) mass is 649 g/mol. The van der Waals surface area contributed by atoms with Crippen LogP contribution in [0.15, 0.2) is 34.4 Å². The summed E-state index contributed by atoms with van der Waals surface area (Å²) in [5, 5.41) is 0. The average Bonchev–Trinajstić information content (AvgIpc) is 2.71. The molecule has 0 unspecified atom stereocenters. The van der Waals surface area contributed by atoms with Gasteiger partial charge >= 0.3 is 211 Å². The predicted octanol–water partition coefficient (Wildman–Crippen LogP) is 8.98. The van der Waals surface area contributed by atoms with Crippen molar-refractivity contribution in [1.82, 2.24) is 0 Å². The van der Waals surface area contributed by atoms with Crippen LogP contribution in [0.4, 0.5) is 10.5 Å². The van der Waals surface area contributed by atoms with Crippen molar-refractivity contribution < 1.29 is 9.53 Å². The molecule has 1 aromatic rings. The fourth-order valence-electron chi connectivity index (χ4n) is 3.88. The molecule has 0 fully saturated rings. The Kier molecular flexibility index (Phi) is 13.8. The number of anilines is 1. The van der Waals surface area contributed by atoms with E-state index in [9.17, 15) is 4.79 Å². The second-order valence-corrected chi connectivity index (χ2v) is 23.8. The van der Waals surface area contributed by atoms with Crippen LogP contribution >= 0.6 is 22.6 Å². The van der Waals surface area contributed by atoms with Gasteiger partial charge in [0.15, 0.2) is 0 Å². The Hall–Kier alpha value is -0.241. The van der Waals surface area contributed by atoms with Gasteiger partial charge in [-0.2, -0.15) is 0 Å². The van der Waals surface area contributed by atoms with Crippen molar-refractivity contribution in [3.63, 3.8) is 0 Å². The van der Waals surface area contributed by atoms with Crippen LogP contribution in [0.5, 0.6) is 0 Å². The van der Waals surface area contributed by atoms with Crippen LogP contribution < -0.4 is 4.90 Å². The minimum atomic E-state index is -2.37. The third kappa shape index (κ3) is 11.0. The van der Waals surface area contributed by atoms with E-state index < -0.39 is 24.0 Å². The molecule has 0 saturated carbocycles. The average molecular weight is 648 g/mol. The zero-order valence-corrected chi connectivity index (χ0v) is 25.7. The van der Waals surface area contributed by atoms with Gasteiger partial charge in [0, 0.05) is 0 Å². The van der Waals surface area contributed by atoms with Crippen molar-refractivity contribution in [2.75, 3.05) is 11.4 Å². The fourth-order valence-corrected chi connectivity index (χ4v) is 18.9. The molecule has 0 spiro atoms. The van der Waals surface area contributed by atoms with Crippen LogP contribution in [-0.4, -0.2) is 36.6 Å². The van der Waals surface area contributed by atoms with Crippen LogP contribution in [0.2, 0.25) is 13.3 Å². The molecule has 0 N–H and O–H groups in total. The second kappa shape index (κ2) is 14.8. The number of nitrogens with zero attached hydrogens (tertiary/aromatic N) is 1. The first-order chi connectivity index (χ1) is 14.7. The van der Waals surface area contributed by atoms with E-state index in [-0.39, 0.29) is 6.09 Å². The first-order valence-electron chi connectivity index (χ1n) is 12.1. The molecule has 176 valence electrons. The number of amides is 1. The third-order valence-electron chi connectivity index (χ3n) is 5.60. The number of halogens is 1. The normalized spacial score (nSPS) is 12.4. The SMILES string of the molecule is CCC[CH2][Sn](/[CH]=C\CN(C(=O)OC(C)(C)C)c1ccccc1I)([CH2]CCC)[CH2]CCC. The summed E-state index contributed by atoms with van der Waals surface area (Å²) in [6.45, 7) is 13.3. The Labute approximate surface area is 209 Å². The number of unbranched alkanes of at least 4 members (excludes halogenated alkanes) is 3. The van der Waals surface area contributed by atoms with Gasteiger partial charge < -0.3 is 0 Å². The van der Waals surface area contributed by atoms with Crippen molar-refractivity contribution in [3.05, 3.63) is 38.0 Å². The van der Waals surface area contributed by atoms with E-state index in [1.54, 1.807) is 4.90 Å². The first kappa shape index (κ1) is 28.8. The van der Waals surface area contributed by atoms with Gasteiger partial charge in [-0.05, 0) is 0 Å². The van der Waals surface area contributed by atoms with Crippen LogP contribution in [0.25, 0.3) is 0 Å². The van der Waals surface area contributed by atoms with Crippen LogP contribution in [0, 0.1) is 3.57 Å². The predicted molar refractivity (Wildman–Crippen MR) is 147 cm³/mol. The summed E-state index contributed by atoms with van der Waals surface area (Å²) in [5.74, 6) is 0. The summed E-state index contributed by atoms with van der Waals surface area (Å²) in [5.41, 5.74) is 0.421. The number of rotatable bonds is 13. The Morgan fingerprint density at radius 1 is 1.00 bits per heavy atom. The summed E-state index contributed by atoms with van der Waals surface area (Å²) in [6, 6.07) is 8.06. The van der Waals surface area contributed by atoms with Gasteiger partial charge in [0.1, 0.15) is 0 Å². The molecule has 0 aliphatic carbocycles. The molecule has 0 bridgehead atoms. The van der Waals surface area contributed by atoms with Crippen LogP contribution in [-0.2, 0) is 4.74 Å². The summed E-state index contributed by atoms with van der Waals surface area (Å²) in [7, 11) is 0. The number of ether oxygens (including phenoxy) is 1. The van der Waals surface area contributed by atoms with E-state index in [1.165, 1.54) is 51.8 Å². The quantitative estimate of drug-likeness (QED) is 0.158. The zero-order valence-electron chi connectivity index (χ0n) is 20.7. The molecule has 0 aliphatic rings. The molecule has 1 amide bonds. The summed E-state index contributed by atoms with van der Waals surface area (Å²) < 4.78 is 13.8. The third-order valence-corrected chi connectivity index (χ3v) is 20.8. The minimum absolute atomic E-state index is 0.266. The van der Waals surface area contributed by atoms with Gasteiger partial charge in [0.25, 0.3) is 0 Å². The molecular weight excluding hydrogens is 604 g/mol. The molecule has 3 nitrogen and oxygen atoms in total. The van der Waals surface area contributed by atoms with Crippen LogP contribution in [0.1, 0.15) is 80.1 Å². The standard InChI is InChI=1S/C14H17INO2.3C4H9.Sn/c1-5-10-16(13(17)18-14(2,3)4)12-9-7-6-8-11(12)15;3*1-3-4-2;/h1,5-9H,10H2,2-4H3;3*1,3-4H2,2H3;. The Bertz CT molecular complexity index is 662. The summed E-state index contributed by atoms with van der Waals surface area (Å²) in [6.07, 6.45) is 9.91. The summed E-state index contributed by atoms with van der Waals surface area (Å²) in [4.78, 5) is 14.9. The van der Waals surface area contributed by atoms with Gasteiger partial charge in [0.2, 0.25) is 0 Å². The molecule has 0 aliphatic heterocycles. The van der Waals surface area contributed by atoms with E-state index in [0.717, 1.165) is 9.26 Å². The molecule has 0 radical (unpaired) electrons. The van der Waals surface area contributed by atoms with Crippen LogP contribution in [0.3, 0.4) is 0 Å². The maximum absolute atomic E-state index is 13.1. The number of benzene rings is 1. The van der Waals surface area contributed by atoms with Crippen molar-refractivity contribution in [1.29, 1.82) is 0 Å². The topological polar surface area (TPSA) is 29.5 Å². The molecule has 1 aromatic carbocycles.